The SMILES string of the molecule is FC(F)Oc1ccc(Cl)cc1CNc1cc(Br)ccc1Br. The van der Waals surface area contributed by atoms with Crippen LogP contribution >= 0.6 is 43.5 Å². The van der Waals surface area contributed by atoms with Gasteiger partial charge in [0.2, 0.25) is 0 Å². The summed E-state index contributed by atoms with van der Waals surface area (Å²) < 4.78 is 31.0. The minimum atomic E-state index is -2.87. The third-order valence-corrected chi connectivity index (χ3v) is 4.06. The molecule has 0 aliphatic rings. The Morgan fingerprint density at radius 1 is 1.14 bits per heavy atom. The Labute approximate surface area is 142 Å². The number of ether oxygens (including phenoxy) is 1. The topological polar surface area (TPSA) is 21.3 Å². The molecule has 0 radical (unpaired) electrons. The van der Waals surface area contributed by atoms with Gasteiger partial charge in [-0.15, -0.1) is 0 Å². The predicted molar refractivity (Wildman–Crippen MR) is 87.3 cm³/mol. The molecule has 0 aromatic heterocycles. The molecule has 0 unspecified atom stereocenters. The summed E-state index contributed by atoms with van der Waals surface area (Å²) in [4.78, 5) is 0. The third-order valence-electron chi connectivity index (χ3n) is 2.64. The van der Waals surface area contributed by atoms with Crippen LogP contribution in [0, 0.1) is 0 Å². The van der Waals surface area contributed by atoms with E-state index in [0.717, 1.165) is 14.6 Å². The van der Waals surface area contributed by atoms with Crippen LogP contribution in [0.5, 0.6) is 5.75 Å². The highest BCUT2D eigenvalue weighted by Crippen LogP contribution is 2.29. The van der Waals surface area contributed by atoms with E-state index in [1.54, 1.807) is 6.07 Å². The first kappa shape index (κ1) is 16.5. The van der Waals surface area contributed by atoms with E-state index in [1.807, 2.05) is 18.2 Å². The van der Waals surface area contributed by atoms with Crippen LogP contribution in [0.25, 0.3) is 0 Å². The molecule has 7 heteroatoms. The van der Waals surface area contributed by atoms with E-state index in [9.17, 15) is 8.78 Å². The summed E-state index contributed by atoms with van der Waals surface area (Å²) in [6.45, 7) is -2.57. The number of anilines is 1. The summed E-state index contributed by atoms with van der Waals surface area (Å²) >= 11 is 12.7. The van der Waals surface area contributed by atoms with Gasteiger partial charge in [-0.1, -0.05) is 27.5 Å². The highest BCUT2D eigenvalue weighted by molar-refractivity contribution is 9.11. The van der Waals surface area contributed by atoms with E-state index in [-0.39, 0.29) is 5.75 Å². The van der Waals surface area contributed by atoms with E-state index >= 15 is 0 Å². The summed E-state index contributed by atoms with van der Waals surface area (Å²) in [6, 6.07) is 10.2. The standard InChI is InChI=1S/C14H10Br2ClF2NO/c15-9-1-3-11(16)12(6-9)20-7-8-5-10(17)2-4-13(8)21-14(18)19/h1-6,14,20H,7H2. The Kier molecular flexibility index (Phi) is 5.84. The molecule has 0 spiro atoms. The highest BCUT2D eigenvalue weighted by atomic mass is 79.9. The van der Waals surface area contributed by atoms with E-state index in [4.69, 9.17) is 11.6 Å². The van der Waals surface area contributed by atoms with Crippen molar-refractivity contribution in [2.24, 2.45) is 0 Å². The van der Waals surface area contributed by atoms with E-state index in [0.29, 0.717) is 17.1 Å². The van der Waals surface area contributed by atoms with Gasteiger partial charge in [-0.2, -0.15) is 8.78 Å². The van der Waals surface area contributed by atoms with Crippen LogP contribution in [0.4, 0.5) is 14.5 Å². The lowest BCUT2D eigenvalue weighted by molar-refractivity contribution is -0.0504. The zero-order valence-corrected chi connectivity index (χ0v) is 14.5. The van der Waals surface area contributed by atoms with E-state index < -0.39 is 6.61 Å². The quantitative estimate of drug-likeness (QED) is 0.607. The van der Waals surface area contributed by atoms with Gasteiger partial charge in [0.15, 0.2) is 0 Å². The van der Waals surface area contributed by atoms with Gasteiger partial charge < -0.3 is 10.1 Å². The fourth-order valence-corrected chi connectivity index (χ4v) is 2.66. The van der Waals surface area contributed by atoms with Gasteiger partial charge in [-0.05, 0) is 52.3 Å². The molecular formula is C14H10Br2ClF2NO. The maximum absolute atomic E-state index is 12.4. The molecule has 112 valence electrons. The molecule has 2 aromatic carbocycles. The second kappa shape index (κ2) is 7.42. The summed E-state index contributed by atoms with van der Waals surface area (Å²) in [5.74, 6) is 0.105. The number of nitrogens with one attached hydrogen (secondary N) is 1. The molecule has 1 N–H and O–H groups in total. The van der Waals surface area contributed by atoms with Crippen LogP contribution in [0.3, 0.4) is 0 Å². The summed E-state index contributed by atoms with van der Waals surface area (Å²) in [7, 11) is 0. The minimum absolute atomic E-state index is 0.105. The largest absolute Gasteiger partial charge is 0.434 e. The Bertz CT molecular complexity index is 640. The molecule has 0 saturated heterocycles. The van der Waals surface area contributed by atoms with Crippen LogP contribution < -0.4 is 10.1 Å². The smallest absolute Gasteiger partial charge is 0.387 e. The molecule has 21 heavy (non-hydrogen) atoms. The maximum Gasteiger partial charge on any atom is 0.387 e. The normalized spacial score (nSPS) is 10.8. The summed E-state index contributed by atoms with van der Waals surface area (Å²) in [6.07, 6.45) is 0. The van der Waals surface area contributed by atoms with Crippen LogP contribution in [0.15, 0.2) is 45.3 Å². The molecule has 0 amide bonds. The van der Waals surface area contributed by atoms with E-state index in [2.05, 4.69) is 41.9 Å². The first-order valence-corrected chi connectivity index (χ1v) is 7.84. The molecule has 2 aromatic rings. The Balaban J connectivity index is 2.18. The third kappa shape index (κ3) is 4.83. The van der Waals surface area contributed by atoms with Crippen molar-refractivity contribution in [2.45, 2.75) is 13.2 Å². The highest BCUT2D eigenvalue weighted by Gasteiger charge is 2.11. The number of alkyl halides is 2. The zero-order valence-electron chi connectivity index (χ0n) is 10.5. The fraction of sp³-hybridized carbons (Fsp3) is 0.143. The van der Waals surface area contributed by atoms with Gasteiger partial charge in [0.25, 0.3) is 0 Å². The zero-order chi connectivity index (χ0) is 15.4. The van der Waals surface area contributed by atoms with Gasteiger partial charge in [-0.25, -0.2) is 0 Å². The molecule has 0 heterocycles. The van der Waals surface area contributed by atoms with E-state index in [1.165, 1.54) is 12.1 Å². The monoisotopic (exact) mass is 439 g/mol. The van der Waals surface area contributed by atoms with Crippen LogP contribution in [0.1, 0.15) is 5.56 Å². The number of benzene rings is 2. The van der Waals surface area contributed by atoms with Gasteiger partial charge in [-0.3, -0.25) is 0 Å². The lowest BCUT2D eigenvalue weighted by atomic mass is 10.2. The van der Waals surface area contributed by atoms with Crippen molar-refractivity contribution < 1.29 is 13.5 Å². The molecule has 0 bridgehead atoms. The van der Waals surface area contributed by atoms with Crippen molar-refractivity contribution in [1.82, 2.24) is 0 Å². The van der Waals surface area contributed by atoms with Gasteiger partial charge in [0.1, 0.15) is 5.75 Å². The molecule has 0 saturated carbocycles. The Morgan fingerprint density at radius 2 is 1.90 bits per heavy atom. The lowest BCUT2D eigenvalue weighted by Gasteiger charge is -2.13. The molecular weight excluding hydrogens is 431 g/mol. The molecule has 2 nitrogen and oxygen atoms in total. The second-order valence-corrected chi connectivity index (χ2v) is 6.31. The number of hydrogen-bond acceptors (Lipinski definition) is 2. The summed E-state index contributed by atoms with van der Waals surface area (Å²) in [5.41, 5.74) is 1.38. The number of rotatable bonds is 5. The van der Waals surface area contributed by atoms with Gasteiger partial charge in [0, 0.05) is 31.8 Å². The van der Waals surface area contributed by atoms with Crippen molar-refractivity contribution in [1.29, 1.82) is 0 Å². The van der Waals surface area contributed by atoms with Crippen LogP contribution in [0.2, 0.25) is 5.02 Å². The van der Waals surface area contributed by atoms with Crippen molar-refractivity contribution in [3.8, 4) is 5.75 Å². The average Bonchev–Trinajstić information content (AvgIpc) is 2.42. The second-order valence-electron chi connectivity index (χ2n) is 4.11. The maximum atomic E-state index is 12.4. The molecule has 0 aliphatic carbocycles. The average molecular weight is 441 g/mol. The lowest BCUT2D eigenvalue weighted by Crippen LogP contribution is -2.07. The van der Waals surface area contributed by atoms with Crippen molar-refractivity contribution in [3.63, 3.8) is 0 Å². The first-order chi connectivity index (χ1) is 9.95. The number of hydrogen-bond donors (Lipinski definition) is 1. The van der Waals surface area contributed by atoms with Crippen molar-refractivity contribution in [3.05, 3.63) is 55.9 Å². The van der Waals surface area contributed by atoms with Gasteiger partial charge >= 0.3 is 6.61 Å². The van der Waals surface area contributed by atoms with Crippen LogP contribution in [-0.2, 0) is 6.54 Å². The molecule has 2 rings (SSSR count). The molecule has 0 fully saturated rings. The van der Waals surface area contributed by atoms with Crippen molar-refractivity contribution >= 4 is 49.1 Å². The fourth-order valence-electron chi connectivity index (χ4n) is 1.72. The first-order valence-electron chi connectivity index (χ1n) is 5.88. The number of halogens is 5. The molecule has 0 aliphatic heterocycles. The minimum Gasteiger partial charge on any atom is -0.434 e. The molecule has 0 atom stereocenters. The summed E-state index contributed by atoms with van der Waals surface area (Å²) in [5, 5.41) is 3.61. The van der Waals surface area contributed by atoms with Crippen LogP contribution in [-0.4, -0.2) is 6.61 Å². The van der Waals surface area contributed by atoms with Gasteiger partial charge in [0.05, 0.1) is 0 Å². The van der Waals surface area contributed by atoms with Crippen molar-refractivity contribution in [2.75, 3.05) is 5.32 Å². The predicted octanol–water partition coefficient (Wildman–Crippen LogP) is 6.08. The Hall–Kier alpha value is -0.850. The Morgan fingerprint density at radius 3 is 2.62 bits per heavy atom.